The molecule has 0 bridgehead atoms. The van der Waals surface area contributed by atoms with Crippen LogP contribution in [0.3, 0.4) is 0 Å². The molecule has 1 amide bonds. The number of carbonyl (C=O) groups excluding carboxylic acids is 1. The molecule has 4 rings (SSSR count). The first-order chi connectivity index (χ1) is 12.6. The Bertz CT molecular complexity index is 770. The second-order valence-electron chi connectivity index (χ2n) is 7.53. The molecule has 2 heterocycles. The van der Waals surface area contributed by atoms with E-state index < -0.39 is 0 Å². The smallest absolute Gasteiger partial charge is 0.228 e. The number of benzene rings is 1. The molecule has 1 aliphatic heterocycles. The average Bonchev–Trinajstić information content (AvgIpc) is 3.08. The van der Waals surface area contributed by atoms with E-state index in [1.165, 1.54) is 0 Å². The van der Waals surface area contributed by atoms with Crippen LogP contribution >= 0.6 is 0 Å². The summed E-state index contributed by atoms with van der Waals surface area (Å²) in [6, 6.07) is 9.97. The van der Waals surface area contributed by atoms with Crippen molar-refractivity contribution in [1.82, 2.24) is 14.5 Å². The number of aromatic nitrogens is 2. The Kier molecular flexibility index (Phi) is 4.54. The van der Waals surface area contributed by atoms with E-state index in [4.69, 9.17) is 4.74 Å². The standard InChI is InChI=1S/C20H25N3O3/c1-22(13-20(14-24)8-9-20)19(25)16-7-12-26-17(16)18-21-10-11-23(18)15-5-3-2-4-6-15/h2-6,10-11,16-17,24H,7-9,12-14H2,1H3/t16-,17-/m1/s1. The van der Waals surface area contributed by atoms with Gasteiger partial charge in [-0.3, -0.25) is 4.79 Å². The normalized spacial score (nSPS) is 23.8. The van der Waals surface area contributed by atoms with E-state index in [2.05, 4.69) is 4.98 Å². The molecule has 1 aromatic carbocycles. The first kappa shape index (κ1) is 17.2. The van der Waals surface area contributed by atoms with E-state index in [1.807, 2.05) is 48.1 Å². The highest BCUT2D eigenvalue weighted by atomic mass is 16.5. The van der Waals surface area contributed by atoms with E-state index in [1.54, 1.807) is 11.1 Å². The van der Waals surface area contributed by atoms with Crippen molar-refractivity contribution < 1.29 is 14.6 Å². The maximum absolute atomic E-state index is 13.0. The van der Waals surface area contributed by atoms with E-state index >= 15 is 0 Å². The molecular weight excluding hydrogens is 330 g/mol. The lowest BCUT2D eigenvalue weighted by molar-refractivity contribution is -0.137. The zero-order valence-electron chi connectivity index (χ0n) is 15.0. The molecule has 2 fully saturated rings. The quantitative estimate of drug-likeness (QED) is 0.862. The van der Waals surface area contributed by atoms with Gasteiger partial charge >= 0.3 is 0 Å². The van der Waals surface area contributed by atoms with Crippen LogP contribution in [0.5, 0.6) is 0 Å². The molecule has 1 aliphatic carbocycles. The minimum Gasteiger partial charge on any atom is -0.396 e. The van der Waals surface area contributed by atoms with Gasteiger partial charge in [0, 0.05) is 43.7 Å². The average molecular weight is 355 g/mol. The van der Waals surface area contributed by atoms with Gasteiger partial charge in [0.05, 0.1) is 12.5 Å². The van der Waals surface area contributed by atoms with Crippen molar-refractivity contribution in [2.75, 3.05) is 26.8 Å². The van der Waals surface area contributed by atoms with Crippen LogP contribution in [0.25, 0.3) is 5.69 Å². The molecule has 2 aliphatic rings. The van der Waals surface area contributed by atoms with Gasteiger partial charge in [-0.15, -0.1) is 0 Å². The Labute approximate surface area is 153 Å². The molecule has 0 unspecified atom stereocenters. The third kappa shape index (κ3) is 3.15. The van der Waals surface area contributed by atoms with Crippen molar-refractivity contribution >= 4 is 5.91 Å². The van der Waals surface area contributed by atoms with Gasteiger partial charge in [-0.05, 0) is 31.4 Å². The van der Waals surface area contributed by atoms with Crippen LogP contribution in [-0.4, -0.2) is 52.3 Å². The maximum Gasteiger partial charge on any atom is 0.228 e. The van der Waals surface area contributed by atoms with Gasteiger partial charge in [-0.25, -0.2) is 4.98 Å². The molecule has 1 aromatic heterocycles. The van der Waals surface area contributed by atoms with Gasteiger partial charge in [0.1, 0.15) is 11.9 Å². The first-order valence-corrected chi connectivity index (χ1v) is 9.20. The molecule has 26 heavy (non-hydrogen) atoms. The molecule has 138 valence electrons. The van der Waals surface area contributed by atoms with Crippen LogP contribution in [0, 0.1) is 11.3 Å². The Morgan fingerprint density at radius 3 is 2.85 bits per heavy atom. The summed E-state index contributed by atoms with van der Waals surface area (Å²) < 4.78 is 7.93. The summed E-state index contributed by atoms with van der Waals surface area (Å²) in [7, 11) is 1.83. The van der Waals surface area contributed by atoms with Crippen LogP contribution < -0.4 is 0 Å². The third-order valence-corrected chi connectivity index (χ3v) is 5.61. The maximum atomic E-state index is 13.0. The Morgan fingerprint density at radius 2 is 2.15 bits per heavy atom. The van der Waals surface area contributed by atoms with Crippen molar-refractivity contribution in [3.8, 4) is 5.69 Å². The van der Waals surface area contributed by atoms with Crippen molar-refractivity contribution in [1.29, 1.82) is 0 Å². The second kappa shape index (κ2) is 6.85. The van der Waals surface area contributed by atoms with E-state index in [0.29, 0.717) is 19.6 Å². The zero-order valence-corrected chi connectivity index (χ0v) is 15.0. The monoisotopic (exact) mass is 355 g/mol. The second-order valence-corrected chi connectivity index (χ2v) is 7.53. The summed E-state index contributed by atoms with van der Waals surface area (Å²) in [5.74, 6) is 0.609. The zero-order chi connectivity index (χ0) is 18.1. The van der Waals surface area contributed by atoms with Gasteiger partial charge in [-0.2, -0.15) is 0 Å². The molecule has 1 saturated carbocycles. The molecule has 2 aromatic rings. The van der Waals surface area contributed by atoms with Crippen molar-refractivity contribution in [2.45, 2.75) is 25.4 Å². The number of rotatable bonds is 6. The number of hydrogen-bond donors (Lipinski definition) is 1. The van der Waals surface area contributed by atoms with E-state index in [9.17, 15) is 9.90 Å². The summed E-state index contributed by atoms with van der Waals surface area (Å²) >= 11 is 0. The Morgan fingerprint density at radius 1 is 1.38 bits per heavy atom. The van der Waals surface area contributed by atoms with Gasteiger partial charge in [0.15, 0.2) is 0 Å². The summed E-state index contributed by atoms with van der Waals surface area (Å²) in [4.78, 5) is 19.3. The van der Waals surface area contributed by atoms with E-state index in [0.717, 1.165) is 24.4 Å². The fraction of sp³-hybridized carbons (Fsp3) is 0.500. The fourth-order valence-electron chi connectivity index (χ4n) is 3.84. The minimum absolute atomic E-state index is 0.0786. The minimum atomic E-state index is -0.343. The van der Waals surface area contributed by atoms with Crippen LogP contribution in [0.1, 0.15) is 31.2 Å². The number of amides is 1. The Hall–Kier alpha value is -2.18. The van der Waals surface area contributed by atoms with Crippen molar-refractivity contribution in [2.24, 2.45) is 11.3 Å². The molecule has 6 nitrogen and oxygen atoms in total. The van der Waals surface area contributed by atoms with Gasteiger partial charge < -0.3 is 19.3 Å². The van der Waals surface area contributed by atoms with Crippen molar-refractivity contribution in [3.05, 3.63) is 48.5 Å². The SMILES string of the molecule is CN(CC1(CO)CC1)C(=O)[C@@H]1CCO[C@H]1c1nccn1-c1ccccc1. The topological polar surface area (TPSA) is 67.6 Å². The van der Waals surface area contributed by atoms with Gasteiger partial charge in [0.2, 0.25) is 5.91 Å². The molecule has 1 N–H and O–H groups in total. The molecule has 0 radical (unpaired) electrons. The first-order valence-electron chi connectivity index (χ1n) is 9.20. The fourth-order valence-corrected chi connectivity index (χ4v) is 3.84. The molecule has 2 atom stereocenters. The highest BCUT2D eigenvalue weighted by Gasteiger charge is 2.46. The summed E-state index contributed by atoms with van der Waals surface area (Å²) in [5, 5.41) is 9.54. The van der Waals surface area contributed by atoms with Gasteiger partial charge in [-0.1, -0.05) is 18.2 Å². The highest BCUT2D eigenvalue weighted by molar-refractivity contribution is 5.79. The predicted octanol–water partition coefficient (Wildman–Crippen LogP) is 2.18. The Balaban J connectivity index is 1.54. The lowest BCUT2D eigenvalue weighted by atomic mass is 9.98. The van der Waals surface area contributed by atoms with Crippen LogP contribution in [0.2, 0.25) is 0 Å². The highest BCUT2D eigenvalue weighted by Crippen LogP contribution is 2.46. The summed E-state index contributed by atoms with van der Waals surface area (Å²) in [6.45, 7) is 1.31. The third-order valence-electron chi connectivity index (χ3n) is 5.61. The number of aliphatic hydroxyl groups excluding tert-OH is 1. The van der Waals surface area contributed by atoms with Crippen LogP contribution in [-0.2, 0) is 9.53 Å². The number of para-hydroxylation sites is 1. The van der Waals surface area contributed by atoms with Gasteiger partial charge in [0.25, 0.3) is 0 Å². The number of hydrogen-bond acceptors (Lipinski definition) is 4. The van der Waals surface area contributed by atoms with E-state index in [-0.39, 0.29) is 30.0 Å². The number of nitrogens with zero attached hydrogens (tertiary/aromatic N) is 3. The molecular formula is C20H25N3O3. The van der Waals surface area contributed by atoms with Crippen LogP contribution in [0.4, 0.5) is 0 Å². The lowest BCUT2D eigenvalue weighted by Crippen LogP contribution is -2.39. The number of ether oxygens (including phenoxy) is 1. The van der Waals surface area contributed by atoms with Crippen molar-refractivity contribution in [3.63, 3.8) is 0 Å². The molecule has 6 heteroatoms. The summed E-state index contributed by atoms with van der Waals surface area (Å²) in [6.07, 6.45) is 5.99. The largest absolute Gasteiger partial charge is 0.396 e. The lowest BCUT2D eigenvalue weighted by Gasteiger charge is -2.27. The van der Waals surface area contributed by atoms with Crippen LogP contribution in [0.15, 0.2) is 42.7 Å². The predicted molar refractivity (Wildman–Crippen MR) is 96.8 cm³/mol. The number of carbonyl (C=O) groups is 1. The number of imidazole rings is 1. The number of aliphatic hydroxyl groups is 1. The molecule has 0 spiro atoms. The molecule has 1 saturated heterocycles. The summed E-state index contributed by atoms with van der Waals surface area (Å²) in [5.41, 5.74) is 0.925.